The van der Waals surface area contributed by atoms with Crippen molar-refractivity contribution in [2.45, 2.75) is 255 Å². The number of fused-ring (bicyclic) bond motifs is 5. The van der Waals surface area contributed by atoms with Crippen molar-refractivity contribution in [1.82, 2.24) is 97.5 Å². The van der Waals surface area contributed by atoms with E-state index in [1.807, 2.05) is 38.1 Å². The minimum absolute atomic E-state index is 0.000209. The van der Waals surface area contributed by atoms with E-state index >= 15 is 47.9 Å². The predicted molar refractivity (Wildman–Crippen MR) is 536 cm³/mol. The van der Waals surface area contributed by atoms with Crippen LogP contribution in [0.2, 0.25) is 0 Å². The van der Waals surface area contributed by atoms with Crippen LogP contribution < -0.4 is 75.7 Å². The molecule has 0 aliphatic carbocycles. The molecule has 22 N–H and O–H groups in total. The predicted octanol–water partition coefficient (Wildman–Crippen LogP) is 0.0738. The van der Waals surface area contributed by atoms with E-state index in [0.717, 1.165) is 47.8 Å². The lowest BCUT2D eigenvalue weighted by atomic mass is 9.99. The molecule has 4 aromatic carbocycles. The van der Waals surface area contributed by atoms with Gasteiger partial charge in [-0.25, -0.2) is 0 Å². The topological polar surface area (TPSA) is 631 Å². The van der Waals surface area contributed by atoms with Crippen LogP contribution in [-0.4, -0.2) is 317 Å². The number of hydrogen-bond donors (Lipinski definition) is 19. The largest absolute Gasteiger partial charge is 0.508 e. The molecule has 0 bridgehead atoms. The highest BCUT2D eigenvalue weighted by Crippen LogP contribution is 2.30. The maximum atomic E-state index is 16.1. The number of hydrogen-bond acceptors (Lipinski definition) is 23. The minimum atomic E-state index is -1.78. The summed E-state index contributed by atoms with van der Waals surface area (Å²) < 4.78 is 1.45. The zero-order chi connectivity index (χ0) is 105. The van der Waals surface area contributed by atoms with E-state index in [2.05, 4.69) is 68.5 Å². The second-order valence-corrected chi connectivity index (χ2v) is 39.1. The Morgan fingerprint density at radius 2 is 1.09 bits per heavy atom. The van der Waals surface area contributed by atoms with Crippen LogP contribution in [0, 0.1) is 11.8 Å². The molecule has 44 heteroatoms. The first-order chi connectivity index (χ1) is 68.6. The normalized spacial score (nSPS) is 24.1. The summed E-state index contributed by atoms with van der Waals surface area (Å²) in [5, 5.41) is 64.4. The van der Waals surface area contributed by atoms with Gasteiger partial charge in [0.15, 0.2) is 0 Å². The Morgan fingerprint density at radius 1 is 0.528 bits per heavy atom. The van der Waals surface area contributed by atoms with Crippen molar-refractivity contribution in [3.63, 3.8) is 0 Å². The first-order valence-corrected chi connectivity index (χ1v) is 50.0. The highest BCUT2D eigenvalue weighted by molar-refractivity contribution is 8.00. The maximum absolute atomic E-state index is 16.1. The number of benzene rings is 4. The van der Waals surface area contributed by atoms with Gasteiger partial charge >= 0.3 is 5.97 Å². The number of rotatable bonds is 29. The average Bonchev–Trinajstić information content (AvgIpc) is 1.63. The van der Waals surface area contributed by atoms with Crippen molar-refractivity contribution in [2.75, 3.05) is 65.4 Å². The number of unbranched alkanes of at least 4 members (excludes halogenated alkanes) is 2. The first-order valence-electron chi connectivity index (χ1n) is 48.9. The number of carbonyl (C=O) groups excluding carboxylic acids is 17. The molecule has 43 nitrogen and oxygen atoms in total. The molecule has 780 valence electrons. The Labute approximate surface area is 838 Å². The van der Waals surface area contributed by atoms with Crippen molar-refractivity contribution in [3.8, 4) is 5.75 Å². The number of carbonyl (C=O) groups is 18. The lowest BCUT2D eigenvalue weighted by Gasteiger charge is -2.36. The summed E-state index contributed by atoms with van der Waals surface area (Å²) in [6.45, 7) is 9.71. The number of carboxylic acids is 1. The number of aromatic nitrogens is 3. The molecular formula is C100H138N22O21S. The van der Waals surface area contributed by atoms with Crippen LogP contribution >= 0.6 is 11.8 Å². The maximum Gasteiger partial charge on any atom is 0.323 e. The molecule has 3 fully saturated rings. The number of likely N-dealkylation sites (N-methyl/N-ethyl adjacent to an activating group) is 3. The second-order valence-electron chi connectivity index (χ2n) is 38.1. The lowest BCUT2D eigenvalue weighted by molar-refractivity contribution is -0.149. The summed E-state index contributed by atoms with van der Waals surface area (Å²) in [5.74, 6) is -18.7. The fourth-order valence-corrected chi connectivity index (χ4v) is 19.3. The highest BCUT2D eigenvalue weighted by atomic mass is 32.2. The molecule has 0 saturated carbocycles. The van der Waals surface area contributed by atoms with Gasteiger partial charge in [-0.1, -0.05) is 128 Å². The van der Waals surface area contributed by atoms with E-state index < -0.39 is 241 Å². The quantitative estimate of drug-likeness (QED) is 0.0295. The molecule has 3 saturated heterocycles. The molecule has 6 heterocycles. The number of para-hydroxylation sites is 2. The molecule has 0 unspecified atom stereocenters. The summed E-state index contributed by atoms with van der Waals surface area (Å²) in [5.41, 5.74) is 21.5. The smallest absolute Gasteiger partial charge is 0.323 e. The van der Waals surface area contributed by atoms with Crippen LogP contribution in [0.5, 0.6) is 5.75 Å². The van der Waals surface area contributed by atoms with Gasteiger partial charge in [-0.15, -0.1) is 11.8 Å². The van der Waals surface area contributed by atoms with Crippen LogP contribution in [0.25, 0.3) is 32.7 Å². The number of aliphatic carboxylic acids is 1. The molecule has 0 radical (unpaired) electrons. The SMILES string of the molecule is CCCC[C@H]1C(=O)N(C)[C@@H](CCCC)C(=O)N[C@@H](CC(C)C)C(=O)N[C@H](C(=O)NCC(N)=O)CSCC(=O)N[C@@H](Cc2ccc(O)cc2)C(=O)N(C)[C@@H](C)C(=O)N[C@@H](CC(N)=O)C(=O)N2CCC[C@H]2C(=O)N[C@@H](CNCc2cccc3[nH]ccc23)C(=O)N[C@@H](CC(C)C)C(=O)N2C[C@H](O)C[C@H]2C(=O)N[C@@H](Cc2c[nH]c3ccccc23)C(=O)N[C@@H](CCN)C(=O)N[C@@H](Cc2cn(CC(=O)O)c3ccccc23)C(=O)N1C. The minimum Gasteiger partial charge on any atom is -0.508 e. The fourth-order valence-electron chi connectivity index (χ4n) is 18.4. The number of phenols is 1. The summed E-state index contributed by atoms with van der Waals surface area (Å²) in [7, 11) is 3.94. The summed E-state index contributed by atoms with van der Waals surface area (Å²) in [4.78, 5) is 278. The summed E-state index contributed by atoms with van der Waals surface area (Å²) >= 11 is 0.788. The van der Waals surface area contributed by atoms with Gasteiger partial charge < -0.3 is 130 Å². The second kappa shape index (κ2) is 52.8. The molecule has 3 aliphatic heterocycles. The number of aromatic amines is 2. The van der Waals surface area contributed by atoms with Crippen molar-refractivity contribution >= 4 is 151 Å². The van der Waals surface area contributed by atoms with Crippen LogP contribution in [0.4, 0.5) is 0 Å². The van der Waals surface area contributed by atoms with Gasteiger partial charge in [-0.2, -0.15) is 0 Å². The van der Waals surface area contributed by atoms with Gasteiger partial charge in [-0.3, -0.25) is 86.3 Å². The van der Waals surface area contributed by atoms with Gasteiger partial charge in [0.1, 0.15) is 96.9 Å². The van der Waals surface area contributed by atoms with E-state index in [0.29, 0.717) is 64.2 Å². The monoisotopic (exact) mass is 2020 g/mol. The van der Waals surface area contributed by atoms with Crippen molar-refractivity contribution in [3.05, 3.63) is 138 Å². The van der Waals surface area contributed by atoms with Crippen molar-refractivity contribution in [1.29, 1.82) is 0 Å². The Balaban J connectivity index is 1.04. The molecule has 17 amide bonds. The Bertz CT molecular complexity index is 5770. The number of nitrogens with one attached hydrogen (secondary N) is 13. The third-order valence-electron chi connectivity index (χ3n) is 26.2. The molecule has 0 spiro atoms. The Morgan fingerprint density at radius 3 is 1.77 bits per heavy atom. The van der Waals surface area contributed by atoms with Crippen LogP contribution in [-0.2, 0) is 119 Å². The third kappa shape index (κ3) is 30.3. The van der Waals surface area contributed by atoms with Gasteiger partial charge in [0.25, 0.3) is 0 Å². The van der Waals surface area contributed by atoms with E-state index in [4.69, 9.17) is 17.2 Å². The van der Waals surface area contributed by atoms with Gasteiger partial charge in [0.05, 0.1) is 24.8 Å². The Kier molecular flexibility index (Phi) is 41.1. The fraction of sp³-hybridized carbons (Fsp3) is 0.520. The molecular weight excluding hydrogens is 1880 g/mol. The number of carboxylic acid groups (broad SMARTS) is 1. The number of primary amides is 2. The average molecular weight is 2020 g/mol. The molecule has 3 aromatic heterocycles. The van der Waals surface area contributed by atoms with Crippen molar-refractivity contribution < 1.29 is 102 Å². The molecule has 10 rings (SSSR count). The van der Waals surface area contributed by atoms with Gasteiger partial charge in [0, 0.05) is 130 Å². The first kappa shape index (κ1) is 112. The number of aromatic hydroxyl groups is 1. The third-order valence-corrected chi connectivity index (χ3v) is 27.2. The highest BCUT2D eigenvalue weighted by Gasteiger charge is 2.47. The number of thioether (sulfide) groups is 1. The summed E-state index contributed by atoms with van der Waals surface area (Å²) in [6, 6.07) is 5.22. The molecule has 7 aromatic rings. The standard InChI is InChI=1S/C100H138N22O21S/c1-11-13-26-79-93(136)110-70(39-55(3)4)90(133)116-77(88(131)107-49-84(103)126)53-144-54-85(127)108-73(41-58-30-32-62(123)33-31-58)96(139)117(8)57(7)87(130)112-75(45-83(102)125)98(141)121-38-20-29-80(121)94(137)115-76(48-104-46-59-21-19-25-67-65(59)35-37-105-67)92(135)113-72(40-56(5)6)99(142)122-51-63(124)44-82(122)95(138)111-71(42-60-47-106-68-24-17-15-22-64(60)68)91(134)109-69(34-36-101)89(132)114-74(97(140)119(10)81(27-14-12-2)100(143)118(79)9)43-61-50-120(52-86(128)129)78-28-18-16-23-66(61)78/h15-19,21-25,28,30-33,35,37,47,50,55-57,63,69-77,79-82,104-106,123-124H,11-14,20,26-27,29,34,36,38-46,48-49,51-54,101H2,1-10H3,(H2,102,125)(H2,103,126)(H,107,131)(H,108,127)(H,109,134)(H,110,136)(H,111,138)(H,112,130)(H,113,135)(H,114,132)(H,115,137)(H,116,133)(H,128,129)/t57-,63+,69-,70-,71-,72-,73-,74-,75-,76-,77-,79-,80-,81-,82-/m0/s1. The van der Waals surface area contributed by atoms with Crippen LogP contribution in [0.1, 0.15) is 154 Å². The number of nitrogens with zero attached hydrogens (tertiary/aromatic N) is 6. The summed E-state index contributed by atoms with van der Waals surface area (Å²) in [6.07, 6.45) is 2.66. The zero-order valence-electron chi connectivity index (χ0n) is 83.0. The number of H-pyrrole nitrogens is 2. The van der Waals surface area contributed by atoms with Crippen LogP contribution in [0.3, 0.4) is 0 Å². The van der Waals surface area contributed by atoms with E-state index in [1.165, 1.54) is 68.0 Å². The van der Waals surface area contributed by atoms with Crippen molar-refractivity contribution in [2.24, 2.45) is 29.0 Å². The number of phenolic OH excluding ortho intramolecular Hbond substituents is 1. The number of aliphatic hydroxyl groups is 1. The van der Waals surface area contributed by atoms with E-state index in [-0.39, 0.29) is 108 Å². The van der Waals surface area contributed by atoms with E-state index in [1.54, 1.807) is 88.6 Å². The number of amides is 17. The van der Waals surface area contributed by atoms with Crippen LogP contribution in [0.15, 0.2) is 116 Å². The van der Waals surface area contributed by atoms with Gasteiger partial charge in [-0.05, 0) is 129 Å². The molecule has 3 aliphatic rings. The Hall–Kier alpha value is -14.0. The van der Waals surface area contributed by atoms with Gasteiger partial charge in [0.2, 0.25) is 100 Å². The lowest BCUT2D eigenvalue weighted by Crippen LogP contribution is -2.62. The molecule has 144 heavy (non-hydrogen) atoms. The number of aliphatic hydroxyl groups excluding tert-OH is 1. The zero-order valence-corrected chi connectivity index (χ0v) is 83.8. The molecule has 15 atom stereocenters. The van der Waals surface area contributed by atoms with E-state index in [9.17, 15) is 53.7 Å². The number of nitrogens with two attached hydrogens (primary N) is 3.